The van der Waals surface area contributed by atoms with Crippen LogP contribution >= 0.6 is 27.5 Å². The SMILES string of the molecule is Clc1ccccc1CNc1cccnc1Br. The molecule has 2 aromatic rings. The topological polar surface area (TPSA) is 24.9 Å². The molecule has 0 aliphatic carbocycles. The Kier molecular flexibility index (Phi) is 3.80. The van der Waals surface area contributed by atoms with Crippen molar-refractivity contribution in [3.63, 3.8) is 0 Å². The standard InChI is InChI=1S/C12H10BrClN2/c13-12-11(6-3-7-15-12)16-8-9-4-1-2-5-10(9)14/h1-7,16H,8H2. The van der Waals surface area contributed by atoms with E-state index in [2.05, 4.69) is 26.2 Å². The molecular weight excluding hydrogens is 288 g/mol. The first-order valence-electron chi connectivity index (χ1n) is 4.85. The van der Waals surface area contributed by atoms with Crippen LogP contribution in [0.1, 0.15) is 5.56 Å². The number of nitrogens with zero attached hydrogens (tertiary/aromatic N) is 1. The van der Waals surface area contributed by atoms with Gasteiger partial charge in [0.25, 0.3) is 0 Å². The van der Waals surface area contributed by atoms with Crippen LogP contribution in [0.5, 0.6) is 0 Å². The summed E-state index contributed by atoms with van der Waals surface area (Å²) in [6.07, 6.45) is 1.74. The van der Waals surface area contributed by atoms with Crippen molar-refractivity contribution >= 4 is 33.2 Å². The summed E-state index contributed by atoms with van der Waals surface area (Å²) in [5.74, 6) is 0. The zero-order valence-corrected chi connectivity index (χ0v) is 10.8. The van der Waals surface area contributed by atoms with Gasteiger partial charge in [-0.2, -0.15) is 0 Å². The quantitative estimate of drug-likeness (QED) is 0.862. The molecule has 0 spiro atoms. The van der Waals surface area contributed by atoms with Crippen molar-refractivity contribution < 1.29 is 0 Å². The first kappa shape index (κ1) is 11.4. The second-order valence-electron chi connectivity index (χ2n) is 3.29. The van der Waals surface area contributed by atoms with Gasteiger partial charge in [0.15, 0.2) is 0 Å². The van der Waals surface area contributed by atoms with Crippen molar-refractivity contribution in [3.05, 3.63) is 57.8 Å². The van der Waals surface area contributed by atoms with Gasteiger partial charge in [-0.15, -0.1) is 0 Å². The first-order valence-corrected chi connectivity index (χ1v) is 6.02. The molecule has 0 atom stereocenters. The molecule has 0 aliphatic heterocycles. The van der Waals surface area contributed by atoms with Crippen molar-refractivity contribution in [2.45, 2.75) is 6.54 Å². The highest BCUT2D eigenvalue weighted by Crippen LogP contribution is 2.21. The van der Waals surface area contributed by atoms with Crippen LogP contribution in [0.2, 0.25) is 5.02 Å². The summed E-state index contributed by atoms with van der Waals surface area (Å²) in [5.41, 5.74) is 2.03. The molecule has 0 aliphatic rings. The summed E-state index contributed by atoms with van der Waals surface area (Å²) in [6, 6.07) is 11.6. The summed E-state index contributed by atoms with van der Waals surface area (Å²) < 4.78 is 0.807. The lowest BCUT2D eigenvalue weighted by molar-refractivity contribution is 1.13. The number of aromatic nitrogens is 1. The fourth-order valence-corrected chi connectivity index (χ4v) is 1.94. The fraction of sp³-hybridized carbons (Fsp3) is 0.0833. The van der Waals surface area contributed by atoms with E-state index in [0.29, 0.717) is 6.54 Å². The molecule has 0 unspecified atom stereocenters. The number of anilines is 1. The molecule has 0 amide bonds. The monoisotopic (exact) mass is 296 g/mol. The third kappa shape index (κ3) is 2.74. The summed E-state index contributed by atoms with van der Waals surface area (Å²) in [6.45, 7) is 0.684. The molecule has 82 valence electrons. The van der Waals surface area contributed by atoms with Crippen molar-refractivity contribution in [3.8, 4) is 0 Å². The number of nitrogens with one attached hydrogen (secondary N) is 1. The summed E-state index contributed by atoms with van der Waals surface area (Å²) in [5, 5.41) is 4.05. The third-order valence-corrected chi connectivity index (χ3v) is 3.19. The Balaban J connectivity index is 2.09. The molecule has 16 heavy (non-hydrogen) atoms. The van der Waals surface area contributed by atoms with E-state index >= 15 is 0 Å². The largest absolute Gasteiger partial charge is 0.379 e. The predicted molar refractivity (Wildman–Crippen MR) is 70.7 cm³/mol. The van der Waals surface area contributed by atoms with Crippen molar-refractivity contribution in [2.75, 3.05) is 5.32 Å². The van der Waals surface area contributed by atoms with Crippen LogP contribution in [-0.4, -0.2) is 4.98 Å². The van der Waals surface area contributed by atoms with Gasteiger partial charge in [0.05, 0.1) is 5.69 Å². The lowest BCUT2D eigenvalue weighted by Gasteiger charge is -2.08. The maximum Gasteiger partial charge on any atom is 0.129 e. The number of hydrogen-bond acceptors (Lipinski definition) is 2. The van der Waals surface area contributed by atoms with E-state index < -0.39 is 0 Å². The van der Waals surface area contributed by atoms with Crippen molar-refractivity contribution in [2.24, 2.45) is 0 Å². The molecule has 0 fully saturated rings. The highest BCUT2D eigenvalue weighted by Gasteiger charge is 2.01. The van der Waals surface area contributed by atoms with Gasteiger partial charge in [-0.25, -0.2) is 4.98 Å². The molecule has 0 saturated carbocycles. The highest BCUT2D eigenvalue weighted by atomic mass is 79.9. The van der Waals surface area contributed by atoms with E-state index in [-0.39, 0.29) is 0 Å². The molecule has 4 heteroatoms. The Hall–Kier alpha value is -1.06. The van der Waals surface area contributed by atoms with Crippen LogP contribution in [0.25, 0.3) is 0 Å². The van der Waals surface area contributed by atoms with E-state index in [0.717, 1.165) is 20.9 Å². The minimum Gasteiger partial charge on any atom is -0.379 e. The van der Waals surface area contributed by atoms with Gasteiger partial charge in [-0.3, -0.25) is 0 Å². The third-order valence-electron chi connectivity index (χ3n) is 2.19. The smallest absolute Gasteiger partial charge is 0.129 e. The van der Waals surface area contributed by atoms with Gasteiger partial charge in [-0.1, -0.05) is 29.8 Å². The van der Waals surface area contributed by atoms with Gasteiger partial charge in [0, 0.05) is 17.8 Å². The molecule has 1 aromatic heterocycles. The molecule has 0 radical (unpaired) electrons. The van der Waals surface area contributed by atoms with Crippen LogP contribution < -0.4 is 5.32 Å². The van der Waals surface area contributed by atoms with E-state index in [1.807, 2.05) is 36.4 Å². The molecule has 2 rings (SSSR count). The Morgan fingerprint density at radius 3 is 2.75 bits per heavy atom. The zero-order valence-electron chi connectivity index (χ0n) is 8.45. The maximum atomic E-state index is 6.06. The molecule has 1 heterocycles. The summed E-state index contributed by atoms with van der Waals surface area (Å²) >= 11 is 9.44. The fourth-order valence-electron chi connectivity index (χ4n) is 1.35. The summed E-state index contributed by atoms with van der Waals surface area (Å²) in [7, 11) is 0. The Bertz CT molecular complexity index is 442. The molecule has 0 saturated heterocycles. The number of benzene rings is 1. The van der Waals surface area contributed by atoms with Crippen molar-refractivity contribution in [1.29, 1.82) is 0 Å². The maximum absolute atomic E-state index is 6.06. The predicted octanol–water partition coefficient (Wildman–Crippen LogP) is 4.11. The summed E-state index contributed by atoms with van der Waals surface area (Å²) in [4.78, 5) is 4.14. The van der Waals surface area contributed by atoms with E-state index in [9.17, 15) is 0 Å². The number of halogens is 2. The second-order valence-corrected chi connectivity index (χ2v) is 4.45. The van der Waals surface area contributed by atoms with Crippen LogP contribution in [0.15, 0.2) is 47.2 Å². The molecule has 1 N–H and O–H groups in total. The van der Waals surface area contributed by atoms with Crippen LogP contribution in [0.3, 0.4) is 0 Å². The normalized spacial score (nSPS) is 10.1. The number of hydrogen-bond donors (Lipinski definition) is 1. The first-order chi connectivity index (χ1) is 7.77. The molecular formula is C12H10BrClN2. The van der Waals surface area contributed by atoms with Gasteiger partial charge >= 0.3 is 0 Å². The van der Waals surface area contributed by atoms with E-state index in [1.165, 1.54) is 0 Å². The van der Waals surface area contributed by atoms with E-state index in [1.54, 1.807) is 6.20 Å². The highest BCUT2D eigenvalue weighted by molar-refractivity contribution is 9.10. The molecule has 1 aromatic carbocycles. The minimum atomic E-state index is 0.684. The van der Waals surface area contributed by atoms with Gasteiger partial charge in [-0.05, 0) is 39.7 Å². The zero-order chi connectivity index (χ0) is 11.4. The lowest BCUT2D eigenvalue weighted by Crippen LogP contribution is -2.01. The van der Waals surface area contributed by atoms with Crippen molar-refractivity contribution in [1.82, 2.24) is 4.98 Å². The Morgan fingerprint density at radius 1 is 1.19 bits per heavy atom. The Labute approximate surface area is 108 Å². The minimum absolute atomic E-state index is 0.684. The molecule has 2 nitrogen and oxygen atoms in total. The van der Waals surface area contributed by atoms with Gasteiger partial charge < -0.3 is 5.32 Å². The number of rotatable bonds is 3. The lowest BCUT2D eigenvalue weighted by atomic mass is 10.2. The van der Waals surface area contributed by atoms with E-state index in [4.69, 9.17) is 11.6 Å². The van der Waals surface area contributed by atoms with Crippen LogP contribution in [-0.2, 0) is 6.54 Å². The number of pyridine rings is 1. The van der Waals surface area contributed by atoms with Crippen LogP contribution in [0, 0.1) is 0 Å². The average molecular weight is 298 g/mol. The average Bonchev–Trinajstić information content (AvgIpc) is 2.30. The Morgan fingerprint density at radius 2 is 2.00 bits per heavy atom. The van der Waals surface area contributed by atoms with Gasteiger partial charge in [0.1, 0.15) is 4.60 Å². The molecule has 0 bridgehead atoms. The van der Waals surface area contributed by atoms with Gasteiger partial charge in [0.2, 0.25) is 0 Å². The van der Waals surface area contributed by atoms with Crippen LogP contribution in [0.4, 0.5) is 5.69 Å². The second kappa shape index (κ2) is 5.32.